The molecule has 0 radical (unpaired) electrons. The number of H-pyrrole nitrogens is 1. The summed E-state index contributed by atoms with van der Waals surface area (Å²) < 4.78 is 11.2. The third-order valence-electron chi connectivity index (χ3n) is 4.25. The maximum absolute atomic E-state index is 12.4. The standard InChI is InChI=1S/C18H19N5O3/c1-12-3-2-4-13(7-12)10-26-18(24)23-5-6-25-15(9-23)17-21-14-8-19-11-20-16(14)22-17/h2-4,7-8,11,15H,5-6,9-10H2,1H3,(H,19,20,21,22). The van der Waals surface area contributed by atoms with Gasteiger partial charge in [0.25, 0.3) is 0 Å². The Balaban J connectivity index is 1.40. The van der Waals surface area contributed by atoms with Crippen LogP contribution in [-0.2, 0) is 16.1 Å². The third-order valence-corrected chi connectivity index (χ3v) is 4.25. The Hall–Kier alpha value is -3.00. The number of aromatic nitrogens is 4. The predicted octanol–water partition coefficient (Wildman–Crippen LogP) is 2.37. The van der Waals surface area contributed by atoms with Crippen LogP contribution in [0, 0.1) is 6.92 Å². The van der Waals surface area contributed by atoms with Gasteiger partial charge in [0.2, 0.25) is 0 Å². The lowest BCUT2D eigenvalue weighted by atomic mass is 10.1. The first-order chi connectivity index (χ1) is 12.7. The normalized spacial score (nSPS) is 17.4. The molecule has 1 aliphatic heterocycles. The number of ether oxygens (including phenoxy) is 2. The molecule has 1 N–H and O–H groups in total. The second-order valence-electron chi connectivity index (χ2n) is 6.23. The largest absolute Gasteiger partial charge is 0.445 e. The van der Waals surface area contributed by atoms with Crippen LogP contribution >= 0.6 is 0 Å². The maximum atomic E-state index is 12.4. The number of benzene rings is 1. The molecule has 26 heavy (non-hydrogen) atoms. The van der Waals surface area contributed by atoms with Crippen molar-refractivity contribution >= 4 is 17.3 Å². The molecule has 0 aliphatic carbocycles. The molecule has 1 atom stereocenters. The Bertz CT molecular complexity index is 893. The highest BCUT2D eigenvalue weighted by Gasteiger charge is 2.28. The van der Waals surface area contributed by atoms with Gasteiger partial charge in [-0.3, -0.25) is 0 Å². The van der Waals surface area contributed by atoms with Crippen molar-refractivity contribution in [1.29, 1.82) is 0 Å². The van der Waals surface area contributed by atoms with Crippen LogP contribution < -0.4 is 0 Å². The molecular weight excluding hydrogens is 334 g/mol. The van der Waals surface area contributed by atoms with E-state index >= 15 is 0 Å². The second-order valence-corrected chi connectivity index (χ2v) is 6.23. The molecule has 4 rings (SSSR count). The van der Waals surface area contributed by atoms with Crippen LogP contribution in [0.15, 0.2) is 36.8 Å². The van der Waals surface area contributed by atoms with E-state index in [0.29, 0.717) is 31.2 Å². The summed E-state index contributed by atoms with van der Waals surface area (Å²) in [6.07, 6.45) is 2.42. The van der Waals surface area contributed by atoms with E-state index in [4.69, 9.17) is 9.47 Å². The Kier molecular flexibility index (Phi) is 4.49. The van der Waals surface area contributed by atoms with Gasteiger partial charge in [0.05, 0.1) is 19.3 Å². The number of nitrogens with one attached hydrogen (secondary N) is 1. The van der Waals surface area contributed by atoms with E-state index in [1.165, 1.54) is 6.33 Å². The molecule has 1 fully saturated rings. The molecule has 3 heterocycles. The third kappa shape index (κ3) is 3.50. The van der Waals surface area contributed by atoms with Crippen molar-refractivity contribution in [2.24, 2.45) is 0 Å². The quantitative estimate of drug-likeness (QED) is 0.777. The fourth-order valence-corrected chi connectivity index (χ4v) is 2.95. The van der Waals surface area contributed by atoms with E-state index in [9.17, 15) is 4.79 Å². The van der Waals surface area contributed by atoms with Gasteiger partial charge >= 0.3 is 6.09 Å². The van der Waals surface area contributed by atoms with Gasteiger partial charge in [0.1, 0.15) is 30.4 Å². The molecule has 2 aromatic heterocycles. The number of hydrogen-bond donors (Lipinski definition) is 1. The highest BCUT2D eigenvalue weighted by atomic mass is 16.6. The fourth-order valence-electron chi connectivity index (χ4n) is 2.95. The minimum absolute atomic E-state index is 0.253. The van der Waals surface area contributed by atoms with Crippen LogP contribution in [0.2, 0.25) is 0 Å². The Morgan fingerprint density at radius 2 is 2.38 bits per heavy atom. The van der Waals surface area contributed by atoms with Crippen LogP contribution in [0.5, 0.6) is 0 Å². The first-order valence-electron chi connectivity index (χ1n) is 8.43. The van der Waals surface area contributed by atoms with Crippen LogP contribution in [-0.4, -0.2) is 50.6 Å². The van der Waals surface area contributed by atoms with Gasteiger partial charge in [-0.15, -0.1) is 0 Å². The number of imidazole rings is 1. The first kappa shape index (κ1) is 16.5. The van der Waals surface area contributed by atoms with Crippen LogP contribution in [0.25, 0.3) is 11.2 Å². The van der Waals surface area contributed by atoms with Crippen LogP contribution in [0.3, 0.4) is 0 Å². The zero-order valence-electron chi connectivity index (χ0n) is 14.4. The molecular formula is C18H19N5O3. The van der Waals surface area contributed by atoms with Crippen molar-refractivity contribution in [3.8, 4) is 0 Å². The molecule has 8 nitrogen and oxygen atoms in total. The number of aryl methyl sites for hydroxylation is 1. The van der Waals surface area contributed by atoms with Crippen molar-refractivity contribution in [2.75, 3.05) is 19.7 Å². The highest BCUT2D eigenvalue weighted by molar-refractivity contribution is 5.69. The molecule has 0 saturated carbocycles. The lowest BCUT2D eigenvalue weighted by Gasteiger charge is -2.31. The number of aromatic amines is 1. The summed E-state index contributed by atoms with van der Waals surface area (Å²) >= 11 is 0. The fraction of sp³-hybridized carbons (Fsp3) is 0.333. The predicted molar refractivity (Wildman–Crippen MR) is 93.3 cm³/mol. The van der Waals surface area contributed by atoms with Gasteiger partial charge in [-0.05, 0) is 12.5 Å². The number of morpholine rings is 1. The number of amides is 1. The SMILES string of the molecule is Cc1cccc(COC(=O)N2CCOC(c3nc4ncncc4[nH]3)C2)c1. The molecule has 0 bridgehead atoms. The van der Waals surface area contributed by atoms with E-state index in [1.54, 1.807) is 11.1 Å². The van der Waals surface area contributed by atoms with Crippen LogP contribution in [0.4, 0.5) is 4.79 Å². The molecule has 134 valence electrons. The highest BCUT2D eigenvalue weighted by Crippen LogP contribution is 2.22. The van der Waals surface area contributed by atoms with E-state index in [1.807, 2.05) is 31.2 Å². The smallest absolute Gasteiger partial charge is 0.410 e. The van der Waals surface area contributed by atoms with Gasteiger partial charge in [0.15, 0.2) is 5.65 Å². The number of fused-ring (bicyclic) bond motifs is 1. The van der Waals surface area contributed by atoms with Gasteiger partial charge in [-0.2, -0.15) is 0 Å². The van der Waals surface area contributed by atoms with E-state index in [2.05, 4.69) is 19.9 Å². The summed E-state index contributed by atoms with van der Waals surface area (Å²) in [6.45, 7) is 3.55. The molecule has 1 amide bonds. The number of rotatable bonds is 3. The van der Waals surface area contributed by atoms with Gasteiger partial charge in [-0.1, -0.05) is 29.8 Å². The molecule has 0 spiro atoms. The summed E-state index contributed by atoms with van der Waals surface area (Å²) in [6, 6.07) is 7.91. The van der Waals surface area contributed by atoms with E-state index in [0.717, 1.165) is 16.6 Å². The van der Waals surface area contributed by atoms with E-state index in [-0.39, 0.29) is 18.8 Å². The minimum Gasteiger partial charge on any atom is -0.445 e. The van der Waals surface area contributed by atoms with Crippen LogP contribution in [0.1, 0.15) is 23.1 Å². The molecule has 1 saturated heterocycles. The first-order valence-corrected chi connectivity index (χ1v) is 8.43. The Morgan fingerprint density at radius 3 is 3.23 bits per heavy atom. The summed E-state index contributed by atoms with van der Waals surface area (Å²) in [4.78, 5) is 29.7. The van der Waals surface area contributed by atoms with Gasteiger partial charge in [-0.25, -0.2) is 19.7 Å². The summed E-state index contributed by atoms with van der Waals surface area (Å²) in [5.41, 5.74) is 3.43. The average molecular weight is 353 g/mol. The Morgan fingerprint density at radius 1 is 1.46 bits per heavy atom. The Labute approximate surface area is 150 Å². The zero-order chi connectivity index (χ0) is 17.9. The minimum atomic E-state index is -0.351. The number of hydrogen-bond acceptors (Lipinski definition) is 6. The molecule has 8 heteroatoms. The lowest BCUT2D eigenvalue weighted by Crippen LogP contribution is -2.42. The van der Waals surface area contributed by atoms with Crippen molar-refractivity contribution < 1.29 is 14.3 Å². The second kappa shape index (κ2) is 7.09. The van der Waals surface area contributed by atoms with E-state index < -0.39 is 0 Å². The maximum Gasteiger partial charge on any atom is 0.410 e. The van der Waals surface area contributed by atoms with Crippen molar-refractivity contribution in [1.82, 2.24) is 24.8 Å². The topological polar surface area (TPSA) is 93.2 Å². The molecule has 1 aromatic carbocycles. The zero-order valence-corrected chi connectivity index (χ0v) is 14.4. The van der Waals surface area contributed by atoms with Crippen molar-refractivity contribution in [3.05, 3.63) is 53.7 Å². The van der Waals surface area contributed by atoms with Crippen molar-refractivity contribution in [3.63, 3.8) is 0 Å². The van der Waals surface area contributed by atoms with Crippen molar-refractivity contribution in [2.45, 2.75) is 19.6 Å². The summed E-state index contributed by atoms with van der Waals surface area (Å²) in [5, 5.41) is 0. The monoisotopic (exact) mass is 353 g/mol. The lowest BCUT2D eigenvalue weighted by molar-refractivity contribution is -0.0330. The van der Waals surface area contributed by atoms with Gasteiger partial charge in [0, 0.05) is 6.54 Å². The average Bonchev–Trinajstić information content (AvgIpc) is 3.10. The number of nitrogens with zero attached hydrogens (tertiary/aromatic N) is 4. The number of carbonyl (C=O) groups excluding carboxylic acids is 1. The molecule has 3 aromatic rings. The summed E-state index contributed by atoms with van der Waals surface area (Å²) in [7, 11) is 0. The van der Waals surface area contributed by atoms with Gasteiger partial charge < -0.3 is 19.4 Å². The molecule has 1 unspecified atom stereocenters. The molecule has 1 aliphatic rings. The number of carbonyl (C=O) groups is 1. The summed E-state index contributed by atoms with van der Waals surface area (Å²) in [5.74, 6) is 0.636.